The molecule has 0 fully saturated rings. The summed E-state index contributed by atoms with van der Waals surface area (Å²) in [5, 5.41) is 1.00. The van der Waals surface area contributed by atoms with Gasteiger partial charge in [-0.3, -0.25) is 4.57 Å². The molecule has 4 nitrogen and oxygen atoms in total. The summed E-state index contributed by atoms with van der Waals surface area (Å²) in [4.78, 5) is 14.9. The molecule has 0 saturated carbocycles. The van der Waals surface area contributed by atoms with Crippen LogP contribution < -0.4 is 0 Å². The summed E-state index contributed by atoms with van der Waals surface area (Å²) < 4.78 is 6.21. The van der Waals surface area contributed by atoms with E-state index in [1.54, 1.807) is 6.20 Å². The predicted molar refractivity (Wildman–Crippen MR) is 64.9 cm³/mol. The number of carbonyl (C=O) groups is 1. The van der Waals surface area contributed by atoms with Crippen molar-refractivity contribution in [2.45, 2.75) is 6.42 Å². The second kappa shape index (κ2) is 4.71. The van der Waals surface area contributed by atoms with Gasteiger partial charge in [-0.05, 0) is 11.6 Å². The van der Waals surface area contributed by atoms with Gasteiger partial charge in [-0.2, -0.15) is 0 Å². The van der Waals surface area contributed by atoms with Gasteiger partial charge in [0.1, 0.15) is 0 Å². The molecule has 2 rings (SSSR count). The van der Waals surface area contributed by atoms with Gasteiger partial charge in [0.15, 0.2) is 0 Å². The first kappa shape index (κ1) is 11.2. The van der Waals surface area contributed by atoms with E-state index in [9.17, 15) is 4.79 Å². The number of methoxy groups -OCH3 is 1. The van der Waals surface area contributed by atoms with E-state index in [1.807, 2.05) is 24.3 Å². The van der Waals surface area contributed by atoms with Crippen molar-refractivity contribution in [3.05, 3.63) is 47.4 Å². The minimum absolute atomic E-state index is 0.407. The summed E-state index contributed by atoms with van der Waals surface area (Å²) in [7, 11) is 1.36. The number of benzene rings is 1. The number of fused-ring (bicyclic) bond motifs is 1. The van der Waals surface area contributed by atoms with Crippen molar-refractivity contribution < 1.29 is 9.53 Å². The molecule has 4 heteroatoms. The summed E-state index contributed by atoms with van der Waals surface area (Å²) in [6.07, 6.45) is 1.99. The fraction of sp³-hybridized carbons (Fsp3) is 0.231. The molecule has 0 N–H and O–H groups in total. The molecule has 0 bridgehead atoms. The highest BCUT2D eigenvalue weighted by Gasteiger charge is 2.13. The second-order valence-corrected chi connectivity index (χ2v) is 3.64. The monoisotopic (exact) mass is 228 g/mol. The number of para-hydroxylation sites is 1. The van der Waals surface area contributed by atoms with Crippen LogP contribution in [0.5, 0.6) is 0 Å². The highest BCUT2D eigenvalue weighted by atomic mass is 16.5. The summed E-state index contributed by atoms with van der Waals surface area (Å²) in [6, 6.07) is 7.62. The van der Waals surface area contributed by atoms with Crippen LogP contribution in [0.2, 0.25) is 0 Å². The normalized spacial score (nSPS) is 10.1. The molecule has 0 unspecified atom stereocenters. The summed E-state index contributed by atoms with van der Waals surface area (Å²) in [5.74, 6) is 0. The number of aromatic nitrogens is 1. The third kappa shape index (κ3) is 2.00. The SMILES string of the molecule is [C-]#[N+]CCc1cn(C(=O)OC)c2ccccc12. The number of hydrogen-bond donors (Lipinski definition) is 0. The average Bonchev–Trinajstić information content (AvgIpc) is 2.74. The van der Waals surface area contributed by atoms with Gasteiger partial charge < -0.3 is 9.58 Å². The van der Waals surface area contributed by atoms with Crippen LogP contribution in [-0.4, -0.2) is 24.3 Å². The Labute approximate surface area is 99.2 Å². The van der Waals surface area contributed by atoms with E-state index >= 15 is 0 Å². The van der Waals surface area contributed by atoms with Crippen LogP contribution in [0, 0.1) is 6.57 Å². The molecule has 17 heavy (non-hydrogen) atoms. The minimum atomic E-state index is -0.407. The lowest BCUT2D eigenvalue weighted by Gasteiger charge is -2.00. The molecule has 1 heterocycles. The van der Waals surface area contributed by atoms with E-state index in [2.05, 4.69) is 4.85 Å². The molecule has 0 spiro atoms. The van der Waals surface area contributed by atoms with Gasteiger partial charge in [-0.15, -0.1) is 0 Å². The Morgan fingerprint density at radius 2 is 2.24 bits per heavy atom. The standard InChI is InChI=1S/C13H12N2O2/c1-14-8-7-10-9-15(13(16)17-2)12-6-4-3-5-11(10)12/h3-6,9H,7-8H2,2H3. The van der Waals surface area contributed by atoms with Crippen LogP contribution in [0.1, 0.15) is 5.56 Å². The summed E-state index contributed by atoms with van der Waals surface area (Å²) >= 11 is 0. The molecule has 0 aliphatic carbocycles. The Morgan fingerprint density at radius 1 is 1.47 bits per heavy atom. The highest BCUT2D eigenvalue weighted by molar-refractivity contribution is 5.91. The Kier molecular flexibility index (Phi) is 3.10. The molecule has 0 atom stereocenters. The Hall–Kier alpha value is -2.28. The Balaban J connectivity index is 2.55. The Morgan fingerprint density at radius 3 is 2.94 bits per heavy atom. The van der Waals surface area contributed by atoms with Crippen LogP contribution in [-0.2, 0) is 11.2 Å². The van der Waals surface area contributed by atoms with Gasteiger partial charge >= 0.3 is 6.09 Å². The lowest BCUT2D eigenvalue weighted by Crippen LogP contribution is -2.09. The van der Waals surface area contributed by atoms with Crippen molar-refractivity contribution >= 4 is 17.0 Å². The van der Waals surface area contributed by atoms with E-state index in [0.717, 1.165) is 16.5 Å². The van der Waals surface area contributed by atoms with Crippen molar-refractivity contribution in [3.63, 3.8) is 0 Å². The largest absolute Gasteiger partial charge is 0.452 e. The number of nitrogens with zero attached hydrogens (tertiary/aromatic N) is 2. The molecular formula is C13H12N2O2. The molecular weight excluding hydrogens is 216 g/mol. The van der Waals surface area contributed by atoms with Crippen LogP contribution >= 0.6 is 0 Å². The van der Waals surface area contributed by atoms with Gasteiger partial charge in [0, 0.05) is 18.0 Å². The van der Waals surface area contributed by atoms with Gasteiger partial charge in [0.2, 0.25) is 6.54 Å². The summed E-state index contributed by atoms with van der Waals surface area (Å²) in [5.41, 5.74) is 1.82. The van der Waals surface area contributed by atoms with Gasteiger partial charge in [-0.1, -0.05) is 18.2 Å². The van der Waals surface area contributed by atoms with Gasteiger partial charge in [0.05, 0.1) is 12.6 Å². The van der Waals surface area contributed by atoms with Crippen molar-refractivity contribution in [1.82, 2.24) is 4.57 Å². The van der Waals surface area contributed by atoms with E-state index in [0.29, 0.717) is 13.0 Å². The molecule has 1 aromatic carbocycles. The average molecular weight is 228 g/mol. The lowest BCUT2D eigenvalue weighted by molar-refractivity contribution is 0.174. The molecule has 2 aromatic rings. The van der Waals surface area contributed by atoms with Crippen molar-refractivity contribution in [3.8, 4) is 0 Å². The molecule has 0 radical (unpaired) electrons. The van der Waals surface area contributed by atoms with Gasteiger partial charge in [-0.25, -0.2) is 11.4 Å². The molecule has 0 aliphatic rings. The fourth-order valence-corrected chi connectivity index (χ4v) is 1.88. The van der Waals surface area contributed by atoms with Crippen LogP contribution in [0.3, 0.4) is 0 Å². The van der Waals surface area contributed by atoms with E-state index in [-0.39, 0.29) is 0 Å². The maximum Gasteiger partial charge on any atom is 0.418 e. The first-order valence-electron chi connectivity index (χ1n) is 5.28. The molecule has 86 valence electrons. The first-order valence-corrected chi connectivity index (χ1v) is 5.28. The molecule has 1 aromatic heterocycles. The van der Waals surface area contributed by atoms with Crippen LogP contribution in [0.15, 0.2) is 30.5 Å². The Bertz CT molecular complexity index is 593. The van der Waals surface area contributed by atoms with Crippen LogP contribution in [0.4, 0.5) is 4.79 Å². The minimum Gasteiger partial charge on any atom is -0.452 e. The topological polar surface area (TPSA) is 35.6 Å². The zero-order valence-electron chi connectivity index (χ0n) is 9.51. The second-order valence-electron chi connectivity index (χ2n) is 3.64. The van der Waals surface area contributed by atoms with Crippen molar-refractivity contribution in [1.29, 1.82) is 0 Å². The lowest BCUT2D eigenvalue weighted by atomic mass is 10.1. The number of rotatable bonds is 2. The maximum absolute atomic E-state index is 11.6. The summed E-state index contributed by atoms with van der Waals surface area (Å²) in [6.45, 7) is 7.24. The van der Waals surface area contributed by atoms with Crippen molar-refractivity contribution in [2.24, 2.45) is 0 Å². The number of carbonyl (C=O) groups excluding carboxylic acids is 1. The first-order chi connectivity index (χ1) is 8.27. The van der Waals surface area contributed by atoms with E-state index in [1.165, 1.54) is 11.7 Å². The smallest absolute Gasteiger partial charge is 0.418 e. The maximum atomic E-state index is 11.6. The predicted octanol–water partition coefficient (Wildman–Crippen LogP) is 2.72. The van der Waals surface area contributed by atoms with Crippen molar-refractivity contribution in [2.75, 3.05) is 13.7 Å². The molecule has 0 aliphatic heterocycles. The fourth-order valence-electron chi connectivity index (χ4n) is 1.88. The third-order valence-electron chi connectivity index (χ3n) is 2.66. The van der Waals surface area contributed by atoms with E-state index < -0.39 is 6.09 Å². The highest BCUT2D eigenvalue weighted by Crippen LogP contribution is 2.22. The zero-order chi connectivity index (χ0) is 12.3. The number of hydrogen-bond acceptors (Lipinski definition) is 2. The van der Waals surface area contributed by atoms with Gasteiger partial charge in [0.25, 0.3) is 0 Å². The molecule has 0 amide bonds. The van der Waals surface area contributed by atoms with E-state index in [4.69, 9.17) is 11.3 Å². The zero-order valence-corrected chi connectivity index (χ0v) is 9.51. The molecule has 0 saturated heterocycles. The number of ether oxygens (including phenoxy) is 1. The third-order valence-corrected chi connectivity index (χ3v) is 2.66. The van der Waals surface area contributed by atoms with Crippen LogP contribution in [0.25, 0.3) is 15.7 Å². The quantitative estimate of drug-likeness (QED) is 0.741.